The lowest BCUT2D eigenvalue weighted by Gasteiger charge is -2.32. The third-order valence-corrected chi connectivity index (χ3v) is 3.63. The van der Waals surface area contributed by atoms with Crippen LogP contribution in [0.25, 0.3) is 5.70 Å². The lowest BCUT2D eigenvalue weighted by molar-refractivity contribution is -0.176. The van der Waals surface area contributed by atoms with Gasteiger partial charge in [-0.1, -0.05) is 30.3 Å². The number of carbonyl (C=O) groups is 2. The van der Waals surface area contributed by atoms with Gasteiger partial charge in [-0.15, -0.1) is 0 Å². The Balaban J connectivity index is 2.00. The van der Waals surface area contributed by atoms with Gasteiger partial charge in [0.15, 0.2) is 0 Å². The highest BCUT2D eigenvalue weighted by Crippen LogP contribution is 2.33. The first kappa shape index (κ1) is 16.6. The van der Waals surface area contributed by atoms with E-state index in [-0.39, 0.29) is 12.5 Å². The van der Waals surface area contributed by atoms with Crippen molar-refractivity contribution in [3.8, 4) is 11.5 Å². The molecule has 128 valence electrons. The van der Waals surface area contributed by atoms with Crippen LogP contribution < -0.4 is 4.74 Å². The van der Waals surface area contributed by atoms with Gasteiger partial charge in [-0.2, -0.15) is 5.06 Å². The molecule has 6 nitrogen and oxygen atoms in total. The number of amides is 1. The van der Waals surface area contributed by atoms with E-state index in [1.165, 1.54) is 16.9 Å². The smallest absolute Gasteiger partial charge is 0.329 e. The summed E-state index contributed by atoms with van der Waals surface area (Å²) < 4.78 is 5.97. The van der Waals surface area contributed by atoms with Crippen LogP contribution in [0, 0.1) is 0 Å². The number of hydroxylamine groups is 2. The van der Waals surface area contributed by atoms with Crippen LogP contribution in [-0.2, 0) is 14.4 Å². The second kappa shape index (κ2) is 7.09. The van der Waals surface area contributed by atoms with Crippen molar-refractivity contribution in [2.45, 2.75) is 6.92 Å². The zero-order valence-electron chi connectivity index (χ0n) is 14.0. The predicted molar refractivity (Wildman–Crippen MR) is 92.2 cm³/mol. The van der Waals surface area contributed by atoms with Gasteiger partial charge in [0.25, 0.3) is 0 Å². The van der Waals surface area contributed by atoms with E-state index in [0.717, 1.165) is 0 Å². The fourth-order valence-corrected chi connectivity index (χ4v) is 2.46. The molecule has 2 aromatic carbocycles. The average molecular weight is 338 g/mol. The van der Waals surface area contributed by atoms with Gasteiger partial charge in [0.05, 0.1) is 0 Å². The summed E-state index contributed by atoms with van der Waals surface area (Å²) in [6, 6.07) is 16.8. The van der Waals surface area contributed by atoms with E-state index in [1.54, 1.807) is 13.2 Å². The summed E-state index contributed by atoms with van der Waals surface area (Å²) in [6.07, 6.45) is 1.63. The molecule has 0 aliphatic carbocycles. The van der Waals surface area contributed by atoms with Crippen LogP contribution in [0.1, 0.15) is 12.5 Å². The molecule has 0 radical (unpaired) electrons. The van der Waals surface area contributed by atoms with Gasteiger partial charge in [-0.25, -0.2) is 0 Å². The number of para-hydroxylation sites is 2. The van der Waals surface area contributed by atoms with Crippen molar-refractivity contribution in [2.24, 2.45) is 0 Å². The summed E-state index contributed by atoms with van der Waals surface area (Å²) >= 11 is 0. The van der Waals surface area contributed by atoms with Gasteiger partial charge >= 0.3 is 5.97 Å². The summed E-state index contributed by atoms with van der Waals surface area (Å²) in [5, 5.41) is 1.29. The molecule has 1 aliphatic rings. The highest BCUT2D eigenvalue weighted by atomic mass is 16.7. The molecule has 1 heterocycles. The highest BCUT2D eigenvalue weighted by Gasteiger charge is 2.28. The molecular weight excluding hydrogens is 320 g/mol. The second-order valence-corrected chi connectivity index (χ2v) is 5.55. The summed E-state index contributed by atoms with van der Waals surface area (Å²) in [4.78, 5) is 30.0. The van der Waals surface area contributed by atoms with Gasteiger partial charge < -0.3 is 14.5 Å². The number of hydrogen-bond acceptors (Lipinski definition) is 5. The summed E-state index contributed by atoms with van der Waals surface area (Å²) in [6.45, 7) is 1.24. The molecule has 1 aliphatic heterocycles. The van der Waals surface area contributed by atoms with E-state index in [4.69, 9.17) is 9.57 Å². The monoisotopic (exact) mass is 338 g/mol. The molecule has 2 aromatic rings. The van der Waals surface area contributed by atoms with E-state index in [2.05, 4.69) is 0 Å². The Morgan fingerprint density at radius 2 is 1.72 bits per heavy atom. The fraction of sp³-hybridized carbons (Fsp3) is 0.158. The topological polar surface area (TPSA) is 59.1 Å². The minimum atomic E-state index is -0.496. The zero-order valence-corrected chi connectivity index (χ0v) is 14.0. The van der Waals surface area contributed by atoms with Gasteiger partial charge in [-0.05, 0) is 24.3 Å². The van der Waals surface area contributed by atoms with Crippen LogP contribution in [-0.4, -0.2) is 35.4 Å². The molecular formula is C19H18N2O4. The predicted octanol–water partition coefficient (Wildman–Crippen LogP) is 3.03. The molecule has 0 unspecified atom stereocenters. The van der Waals surface area contributed by atoms with Crippen LogP contribution in [0.3, 0.4) is 0 Å². The molecule has 0 aromatic heterocycles. The molecule has 0 atom stereocenters. The van der Waals surface area contributed by atoms with Crippen molar-refractivity contribution in [3.63, 3.8) is 0 Å². The summed E-state index contributed by atoms with van der Waals surface area (Å²) in [7, 11) is 1.66. The van der Waals surface area contributed by atoms with Crippen molar-refractivity contribution in [1.82, 2.24) is 9.96 Å². The molecule has 0 saturated heterocycles. The molecule has 0 N–H and O–H groups in total. The number of nitrogens with zero attached hydrogens (tertiary/aromatic N) is 2. The van der Waals surface area contributed by atoms with E-state index in [9.17, 15) is 9.59 Å². The van der Waals surface area contributed by atoms with Crippen molar-refractivity contribution in [1.29, 1.82) is 0 Å². The van der Waals surface area contributed by atoms with Gasteiger partial charge in [0, 0.05) is 25.7 Å². The molecule has 3 rings (SSSR count). The first-order valence-electron chi connectivity index (χ1n) is 7.80. The Kier molecular flexibility index (Phi) is 4.70. The Morgan fingerprint density at radius 3 is 2.44 bits per heavy atom. The van der Waals surface area contributed by atoms with E-state index < -0.39 is 5.97 Å². The van der Waals surface area contributed by atoms with Crippen LogP contribution in [0.5, 0.6) is 11.5 Å². The van der Waals surface area contributed by atoms with E-state index in [1.807, 2.05) is 54.6 Å². The maximum atomic E-state index is 12.0. The lowest BCUT2D eigenvalue weighted by atomic mass is 10.1. The molecule has 1 amide bonds. The maximum absolute atomic E-state index is 12.0. The first-order chi connectivity index (χ1) is 12.0. The normalized spacial score (nSPS) is 14.2. The number of ether oxygens (including phenoxy) is 1. The van der Waals surface area contributed by atoms with Crippen LogP contribution in [0.4, 0.5) is 0 Å². The Morgan fingerprint density at radius 1 is 1.04 bits per heavy atom. The summed E-state index contributed by atoms with van der Waals surface area (Å²) in [5.74, 6) is 0.617. The average Bonchev–Trinajstić information content (AvgIpc) is 2.59. The number of hydrogen-bond donors (Lipinski definition) is 0. The Hall–Kier alpha value is -3.28. The number of benzene rings is 2. The molecule has 6 heteroatoms. The fourth-order valence-electron chi connectivity index (χ4n) is 2.46. The standard InChI is InChI=1S/C19H18N2O4/c1-14(22)25-21-13-19(23)20(2)12-17(21)16-10-6-7-11-18(16)24-15-8-4-3-5-9-15/h3-12H,13H2,1-2H3. The quantitative estimate of drug-likeness (QED) is 0.858. The molecule has 0 bridgehead atoms. The SMILES string of the molecule is CC(=O)ON1CC(=O)N(C)C=C1c1ccccc1Oc1ccccc1. The van der Waals surface area contributed by atoms with Crippen LogP contribution in [0.15, 0.2) is 60.8 Å². The minimum Gasteiger partial charge on any atom is -0.457 e. The van der Waals surface area contributed by atoms with E-state index in [0.29, 0.717) is 22.8 Å². The first-order valence-corrected chi connectivity index (χ1v) is 7.80. The van der Waals surface area contributed by atoms with E-state index >= 15 is 0 Å². The number of rotatable bonds is 4. The van der Waals surface area contributed by atoms with Crippen molar-refractivity contribution in [3.05, 3.63) is 66.4 Å². The highest BCUT2D eigenvalue weighted by molar-refractivity contribution is 5.86. The zero-order chi connectivity index (χ0) is 17.8. The number of carbonyl (C=O) groups excluding carboxylic acids is 2. The Labute approximate surface area is 145 Å². The maximum Gasteiger partial charge on any atom is 0.329 e. The largest absolute Gasteiger partial charge is 0.457 e. The third-order valence-electron chi connectivity index (χ3n) is 3.63. The van der Waals surface area contributed by atoms with Gasteiger partial charge in [0.1, 0.15) is 23.7 Å². The van der Waals surface area contributed by atoms with Crippen molar-refractivity contribution >= 4 is 17.6 Å². The molecule has 0 fully saturated rings. The lowest BCUT2D eigenvalue weighted by Crippen LogP contribution is -2.41. The van der Waals surface area contributed by atoms with Crippen LogP contribution >= 0.6 is 0 Å². The third kappa shape index (κ3) is 3.80. The van der Waals surface area contributed by atoms with Crippen LogP contribution in [0.2, 0.25) is 0 Å². The molecule has 0 saturated carbocycles. The second-order valence-electron chi connectivity index (χ2n) is 5.55. The molecule has 0 spiro atoms. The van der Waals surface area contributed by atoms with Gasteiger partial charge in [-0.3, -0.25) is 9.59 Å². The Bertz CT molecular complexity index is 817. The number of likely N-dealkylation sites (N-methyl/N-ethyl adjacent to an activating group) is 1. The minimum absolute atomic E-state index is 0.0540. The van der Waals surface area contributed by atoms with Crippen molar-refractivity contribution in [2.75, 3.05) is 13.6 Å². The van der Waals surface area contributed by atoms with Crippen molar-refractivity contribution < 1.29 is 19.2 Å². The summed E-state index contributed by atoms with van der Waals surface area (Å²) in [5.41, 5.74) is 1.29. The molecule has 25 heavy (non-hydrogen) atoms. The van der Waals surface area contributed by atoms with Gasteiger partial charge in [0.2, 0.25) is 5.91 Å².